The maximum Gasteiger partial charge on any atom is 0.243 e. The maximum atomic E-state index is 12.0. The normalized spacial score (nSPS) is 13.1. The lowest BCUT2D eigenvalue weighted by Gasteiger charge is -2.23. The Morgan fingerprint density at radius 1 is 1.50 bits per heavy atom. The lowest BCUT2D eigenvalue weighted by Crippen LogP contribution is -2.40. The Balaban J connectivity index is 2.45. The Hall–Kier alpha value is -1.36. The Kier molecular flexibility index (Phi) is 5.34. The van der Waals surface area contributed by atoms with E-state index in [4.69, 9.17) is 4.52 Å². The predicted molar refractivity (Wildman–Crippen MR) is 71.4 cm³/mol. The summed E-state index contributed by atoms with van der Waals surface area (Å²) in [6, 6.07) is 1.52. The molecule has 5 nitrogen and oxygen atoms in total. The number of nitrogens with one attached hydrogen (secondary N) is 1. The van der Waals surface area contributed by atoms with Crippen LogP contribution in [0.5, 0.6) is 0 Å². The van der Waals surface area contributed by atoms with Crippen molar-refractivity contribution in [3.05, 3.63) is 11.8 Å². The third-order valence-electron chi connectivity index (χ3n) is 2.97. The first-order chi connectivity index (χ1) is 8.40. The number of likely N-dealkylation sites (N-methyl/N-ethyl adjacent to an activating group) is 1. The number of anilines is 1. The van der Waals surface area contributed by atoms with Crippen LogP contribution in [-0.2, 0) is 4.79 Å². The van der Waals surface area contributed by atoms with Crippen LogP contribution >= 0.6 is 0 Å². The summed E-state index contributed by atoms with van der Waals surface area (Å²) in [5.74, 6) is 0.971. The zero-order valence-corrected chi connectivity index (χ0v) is 11.9. The molecule has 0 saturated carbocycles. The molecule has 1 aromatic rings. The second-order valence-electron chi connectivity index (χ2n) is 5.16. The van der Waals surface area contributed by atoms with Crippen LogP contribution in [0.2, 0.25) is 0 Å². The molecule has 0 saturated heterocycles. The Bertz CT molecular complexity index is 387. The van der Waals surface area contributed by atoms with Crippen molar-refractivity contribution in [3.8, 4) is 0 Å². The number of aryl methyl sites for hydroxylation is 1. The second kappa shape index (κ2) is 6.54. The van der Waals surface area contributed by atoms with Gasteiger partial charge in [-0.2, -0.15) is 0 Å². The van der Waals surface area contributed by atoms with Gasteiger partial charge in [-0.05, 0) is 39.8 Å². The minimum Gasteiger partial charge on any atom is -0.338 e. The highest BCUT2D eigenvalue weighted by Gasteiger charge is 2.19. The first-order valence-corrected chi connectivity index (χ1v) is 6.34. The number of rotatable bonds is 6. The molecule has 1 N–H and O–H groups in total. The molecule has 0 aromatic carbocycles. The van der Waals surface area contributed by atoms with Gasteiger partial charge in [0.25, 0.3) is 0 Å². The average molecular weight is 253 g/mol. The summed E-state index contributed by atoms with van der Waals surface area (Å²) >= 11 is 0. The molecule has 1 rings (SSSR count). The fourth-order valence-electron chi connectivity index (χ4n) is 1.50. The van der Waals surface area contributed by atoms with E-state index in [0.717, 1.165) is 18.7 Å². The van der Waals surface area contributed by atoms with Gasteiger partial charge in [-0.25, -0.2) is 0 Å². The van der Waals surface area contributed by atoms with E-state index in [-0.39, 0.29) is 11.9 Å². The predicted octanol–water partition coefficient (Wildman–Crippen LogP) is 2.29. The van der Waals surface area contributed by atoms with E-state index in [2.05, 4.69) is 24.3 Å². The molecule has 0 fully saturated rings. The van der Waals surface area contributed by atoms with Crippen LogP contribution in [0.1, 0.15) is 32.9 Å². The zero-order chi connectivity index (χ0) is 13.7. The van der Waals surface area contributed by atoms with E-state index in [9.17, 15) is 4.79 Å². The molecule has 0 bridgehead atoms. The lowest BCUT2D eigenvalue weighted by atomic mass is 10.1. The van der Waals surface area contributed by atoms with Gasteiger partial charge in [0, 0.05) is 6.07 Å². The van der Waals surface area contributed by atoms with E-state index in [1.807, 2.05) is 25.8 Å². The minimum absolute atomic E-state index is 0.0718. The van der Waals surface area contributed by atoms with Crippen LogP contribution in [0.15, 0.2) is 10.6 Å². The molecule has 5 heteroatoms. The number of amides is 1. The van der Waals surface area contributed by atoms with E-state index in [0.29, 0.717) is 11.8 Å². The second-order valence-corrected chi connectivity index (χ2v) is 5.16. The monoisotopic (exact) mass is 253 g/mol. The van der Waals surface area contributed by atoms with Crippen LogP contribution in [0.25, 0.3) is 0 Å². The Labute approximate surface area is 109 Å². The number of aromatic nitrogens is 1. The third kappa shape index (κ3) is 4.49. The summed E-state index contributed by atoms with van der Waals surface area (Å²) in [5.41, 5.74) is 0.756. The fraction of sp³-hybridized carbons (Fsp3) is 0.692. The Morgan fingerprint density at radius 3 is 2.67 bits per heavy atom. The van der Waals surface area contributed by atoms with Crippen molar-refractivity contribution in [2.24, 2.45) is 5.92 Å². The van der Waals surface area contributed by atoms with Crippen LogP contribution in [0, 0.1) is 12.8 Å². The minimum atomic E-state index is -0.186. The molecule has 1 aromatic heterocycles. The van der Waals surface area contributed by atoms with Crippen LogP contribution in [-0.4, -0.2) is 35.6 Å². The van der Waals surface area contributed by atoms with E-state index in [1.165, 1.54) is 0 Å². The summed E-state index contributed by atoms with van der Waals surface area (Å²) in [7, 11) is 1.96. The van der Waals surface area contributed by atoms with Gasteiger partial charge in [-0.1, -0.05) is 19.0 Å². The van der Waals surface area contributed by atoms with Gasteiger partial charge in [0.15, 0.2) is 0 Å². The van der Waals surface area contributed by atoms with Gasteiger partial charge >= 0.3 is 0 Å². The molecule has 102 valence electrons. The molecule has 18 heavy (non-hydrogen) atoms. The molecule has 0 aliphatic carbocycles. The van der Waals surface area contributed by atoms with Crippen molar-refractivity contribution >= 4 is 11.8 Å². The summed E-state index contributed by atoms with van der Waals surface area (Å²) in [5, 5.41) is 6.45. The molecule has 1 unspecified atom stereocenters. The van der Waals surface area contributed by atoms with Crippen molar-refractivity contribution < 1.29 is 9.32 Å². The van der Waals surface area contributed by atoms with E-state index < -0.39 is 0 Å². The fourth-order valence-corrected chi connectivity index (χ4v) is 1.50. The first kappa shape index (κ1) is 14.7. The Morgan fingerprint density at radius 2 is 2.17 bits per heavy atom. The lowest BCUT2D eigenvalue weighted by molar-refractivity contribution is -0.120. The standard InChI is InChI=1S/C13H23N3O2/c1-9(2)6-7-16(5)11(4)13(17)14-12-8-10(3)15-18-12/h8-9,11H,6-7H2,1-5H3,(H,14,17). The van der Waals surface area contributed by atoms with Crippen LogP contribution < -0.4 is 5.32 Å². The SMILES string of the molecule is Cc1cc(NC(=O)C(C)N(C)CCC(C)C)on1. The molecular formula is C13H23N3O2. The van der Waals surface area contributed by atoms with Gasteiger partial charge < -0.3 is 4.52 Å². The summed E-state index contributed by atoms with van der Waals surface area (Å²) in [6.45, 7) is 8.96. The summed E-state index contributed by atoms with van der Waals surface area (Å²) in [6.07, 6.45) is 1.08. The molecule has 1 amide bonds. The van der Waals surface area contributed by atoms with Gasteiger partial charge in [0.1, 0.15) is 0 Å². The summed E-state index contributed by atoms with van der Waals surface area (Å²) in [4.78, 5) is 14.0. The zero-order valence-electron chi connectivity index (χ0n) is 11.9. The maximum absolute atomic E-state index is 12.0. The number of hydrogen-bond acceptors (Lipinski definition) is 4. The van der Waals surface area contributed by atoms with Crippen molar-refractivity contribution in [3.63, 3.8) is 0 Å². The smallest absolute Gasteiger partial charge is 0.243 e. The molecule has 0 aliphatic heterocycles. The molecular weight excluding hydrogens is 230 g/mol. The number of carbonyl (C=O) groups is 1. The van der Waals surface area contributed by atoms with Crippen LogP contribution in [0.4, 0.5) is 5.88 Å². The summed E-state index contributed by atoms with van der Waals surface area (Å²) < 4.78 is 4.96. The molecule has 0 radical (unpaired) electrons. The first-order valence-electron chi connectivity index (χ1n) is 6.34. The van der Waals surface area contributed by atoms with Gasteiger partial charge in [-0.15, -0.1) is 0 Å². The van der Waals surface area contributed by atoms with Gasteiger partial charge in [0.05, 0.1) is 11.7 Å². The van der Waals surface area contributed by atoms with Gasteiger partial charge in [-0.3, -0.25) is 15.0 Å². The highest BCUT2D eigenvalue weighted by molar-refractivity contribution is 5.93. The van der Waals surface area contributed by atoms with E-state index in [1.54, 1.807) is 6.07 Å². The number of nitrogens with zero attached hydrogens (tertiary/aromatic N) is 2. The molecule has 0 aliphatic rings. The van der Waals surface area contributed by atoms with Crippen molar-refractivity contribution in [2.75, 3.05) is 18.9 Å². The van der Waals surface area contributed by atoms with Crippen molar-refractivity contribution in [1.29, 1.82) is 0 Å². The van der Waals surface area contributed by atoms with Gasteiger partial charge in [0.2, 0.25) is 11.8 Å². The highest BCUT2D eigenvalue weighted by Crippen LogP contribution is 2.10. The molecule has 0 spiro atoms. The van der Waals surface area contributed by atoms with Crippen molar-refractivity contribution in [1.82, 2.24) is 10.1 Å². The molecule has 1 atom stereocenters. The van der Waals surface area contributed by atoms with Crippen LogP contribution in [0.3, 0.4) is 0 Å². The van der Waals surface area contributed by atoms with Crippen molar-refractivity contribution in [2.45, 2.75) is 40.2 Å². The highest BCUT2D eigenvalue weighted by atomic mass is 16.5. The third-order valence-corrected chi connectivity index (χ3v) is 2.97. The number of hydrogen-bond donors (Lipinski definition) is 1. The molecule has 1 heterocycles. The van der Waals surface area contributed by atoms with E-state index >= 15 is 0 Å². The quantitative estimate of drug-likeness (QED) is 0.845. The largest absolute Gasteiger partial charge is 0.338 e. The topological polar surface area (TPSA) is 58.4 Å². The average Bonchev–Trinajstić information content (AvgIpc) is 2.70. The number of carbonyl (C=O) groups excluding carboxylic acids is 1.